The van der Waals surface area contributed by atoms with Crippen LogP contribution in [0.25, 0.3) is 0 Å². The van der Waals surface area contributed by atoms with Crippen molar-refractivity contribution in [1.82, 2.24) is 10.2 Å². The molecule has 2 amide bonds. The molecule has 37 heavy (non-hydrogen) atoms. The van der Waals surface area contributed by atoms with E-state index < -0.39 is 6.04 Å². The number of carbonyl (C=O) groups is 2. The number of hydrogen-bond acceptors (Lipinski definition) is 2. The van der Waals surface area contributed by atoms with Crippen LogP contribution in [0.2, 0.25) is 15.1 Å². The predicted octanol–water partition coefficient (Wildman–Crippen LogP) is 7.28. The lowest BCUT2D eigenvalue weighted by Gasteiger charge is -2.34. The van der Waals surface area contributed by atoms with Gasteiger partial charge in [-0.05, 0) is 42.2 Å². The molecule has 0 aliphatic heterocycles. The van der Waals surface area contributed by atoms with Gasteiger partial charge in [-0.25, -0.2) is 0 Å². The first-order chi connectivity index (χ1) is 17.9. The van der Waals surface area contributed by atoms with Gasteiger partial charge in [-0.15, -0.1) is 0 Å². The van der Waals surface area contributed by atoms with Gasteiger partial charge in [-0.3, -0.25) is 9.59 Å². The van der Waals surface area contributed by atoms with Crippen LogP contribution in [0.5, 0.6) is 0 Å². The Balaban J connectivity index is 1.70. The topological polar surface area (TPSA) is 49.4 Å². The SMILES string of the molecule is O=C(NC1CCCCC1)[C@H](Cc1ccccc1)N(Cc1c(Cl)cccc1Cl)C(=O)Cc1ccccc1Cl. The van der Waals surface area contributed by atoms with Crippen molar-refractivity contribution in [1.29, 1.82) is 0 Å². The lowest BCUT2D eigenvalue weighted by molar-refractivity contribution is -0.141. The standard InChI is InChI=1S/C30H31Cl3N2O2/c31-25-15-8-7-12-22(25)19-29(36)35(20-24-26(32)16-9-17-27(24)33)28(18-21-10-3-1-4-11-21)30(37)34-23-13-5-2-6-14-23/h1,3-4,7-12,15-17,23,28H,2,5-6,13-14,18-20H2,(H,34,37)/t28-/m0/s1. The zero-order chi connectivity index (χ0) is 26.2. The normalized spacial score (nSPS) is 14.7. The van der Waals surface area contributed by atoms with E-state index in [1.165, 1.54) is 6.42 Å². The molecule has 0 radical (unpaired) electrons. The molecule has 7 heteroatoms. The Labute approximate surface area is 233 Å². The number of carbonyl (C=O) groups excluding carboxylic acids is 2. The highest BCUT2D eigenvalue weighted by Crippen LogP contribution is 2.28. The fourth-order valence-corrected chi connectivity index (χ4v) is 5.58. The number of halogens is 3. The Morgan fingerprint density at radius 2 is 1.43 bits per heavy atom. The summed E-state index contributed by atoms with van der Waals surface area (Å²) < 4.78 is 0. The van der Waals surface area contributed by atoms with E-state index in [1.54, 1.807) is 29.2 Å². The largest absolute Gasteiger partial charge is 0.352 e. The van der Waals surface area contributed by atoms with Gasteiger partial charge < -0.3 is 10.2 Å². The summed E-state index contributed by atoms with van der Waals surface area (Å²) in [6.07, 6.45) is 5.71. The van der Waals surface area contributed by atoms with E-state index in [2.05, 4.69) is 5.32 Å². The molecule has 0 heterocycles. The molecule has 0 unspecified atom stereocenters. The smallest absolute Gasteiger partial charge is 0.243 e. The van der Waals surface area contributed by atoms with Crippen LogP contribution in [0.3, 0.4) is 0 Å². The number of hydrogen-bond donors (Lipinski definition) is 1. The zero-order valence-corrected chi connectivity index (χ0v) is 22.9. The fourth-order valence-electron chi connectivity index (χ4n) is 4.86. The molecule has 194 valence electrons. The van der Waals surface area contributed by atoms with Crippen LogP contribution in [-0.2, 0) is 29.0 Å². The van der Waals surface area contributed by atoms with Crippen molar-refractivity contribution < 1.29 is 9.59 Å². The van der Waals surface area contributed by atoms with Crippen LogP contribution in [0.15, 0.2) is 72.8 Å². The number of benzene rings is 3. The molecule has 3 aromatic rings. The Kier molecular flexibility index (Phi) is 9.90. The summed E-state index contributed by atoms with van der Waals surface area (Å²) in [7, 11) is 0. The van der Waals surface area contributed by atoms with Gasteiger partial charge in [0.1, 0.15) is 6.04 Å². The summed E-state index contributed by atoms with van der Waals surface area (Å²) in [5.41, 5.74) is 2.28. The second kappa shape index (κ2) is 13.3. The molecule has 1 fully saturated rings. The minimum Gasteiger partial charge on any atom is -0.352 e. The van der Waals surface area contributed by atoms with Crippen LogP contribution in [0, 0.1) is 0 Å². The van der Waals surface area contributed by atoms with Gasteiger partial charge in [0.15, 0.2) is 0 Å². The Morgan fingerprint density at radius 3 is 2.11 bits per heavy atom. The molecule has 4 nitrogen and oxygen atoms in total. The summed E-state index contributed by atoms with van der Waals surface area (Å²) in [4.78, 5) is 29.4. The summed E-state index contributed by atoms with van der Waals surface area (Å²) in [6.45, 7) is 0.109. The lowest BCUT2D eigenvalue weighted by atomic mass is 9.94. The van der Waals surface area contributed by atoms with Gasteiger partial charge in [-0.1, -0.05) is 109 Å². The van der Waals surface area contributed by atoms with Crippen molar-refractivity contribution in [3.05, 3.63) is 105 Å². The van der Waals surface area contributed by atoms with E-state index in [0.29, 0.717) is 32.6 Å². The van der Waals surface area contributed by atoms with Crippen molar-refractivity contribution in [3.63, 3.8) is 0 Å². The number of rotatable bonds is 9. The van der Waals surface area contributed by atoms with Crippen molar-refractivity contribution in [2.24, 2.45) is 0 Å². The van der Waals surface area contributed by atoms with Crippen molar-refractivity contribution in [3.8, 4) is 0 Å². The molecule has 0 aromatic heterocycles. The first kappa shape index (κ1) is 27.5. The van der Waals surface area contributed by atoms with E-state index in [1.807, 2.05) is 48.5 Å². The predicted molar refractivity (Wildman–Crippen MR) is 151 cm³/mol. The number of nitrogens with zero attached hydrogens (tertiary/aromatic N) is 1. The fraction of sp³-hybridized carbons (Fsp3) is 0.333. The molecule has 1 atom stereocenters. The first-order valence-electron chi connectivity index (χ1n) is 12.7. The maximum atomic E-state index is 13.9. The van der Waals surface area contributed by atoms with Gasteiger partial charge in [0.2, 0.25) is 11.8 Å². The minimum atomic E-state index is -0.744. The van der Waals surface area contributed by atoms with Crippen LogP contribution in [-0.4, -0.2) is 28.8 Å². The van der Waals surface area contributed by atoms with Gasteiger partial charge in [-0.2, -0.15) is 0 Å². The maximum Gasteiger partial charge on any atom is 0.243 e. The van der Waals surface area contributed by atoms with Crippen LogP contribution in [0.4, 0.5) is 0 Å². The van der Waals surface area contributed by atoms with Crippen molar-refractivity contribution in [2.45, 2.75) is 63.6 Å². The first-order valence-corrected chi connectivity index (χ1v) is 13.9. The summed E-state index contributed by atoms with van der Waals surface area (Å²) >= 11 is 19.4. The highest BCUT2D eigenvalue weighted by molar-refractivity contribution is 6.36. The highest BCUT2D eigenvalue weighted by atomic mass is 35.5. The molecule has 3 aromatic carbocycles. The summed E-state index contributed by atoms with van der Waals surface area (Å²) in [5, 5.41) is 4.66. The van der Waals surface area contributed by atoms with Crippen LogP contribution in [0.1, 0.15) is 48.8 Å². The maximum absolute atomic E-state index is 13.9. The molecule has 0 saturated heterocycles. The van der Waals surface area contributed by atoms with E-state index in [-0.39, 0.29) is 30.8 Å². The minimum absolute atomic E-state index is 0.0593. The zero-order valence-electron chi connectivity index (χ0n) is 20.6. The van der Waals surface area contributed by atoms with Gasteiger partial charge in [0.05, 0.1) is 6.42 Å². The molecule has 1 aliphatic rings. The molecule has 0 bridgehead atoms. The van der Waals surface area contributed by atoms with Gasteiger partial charge in [0, 0.05) is 39.6 Å². The quantitative estimate of drug-likeness (QED) is 0.301. The van der Waals surface area contributed by atoms with E-state index in [0.717, 1.165) is 31.2 Å². The third kappa shape index (κ3) is 7.50. The number of amides is 2. The molecular formula is C30H31Cl3N2O2. The molecule has 1 N–H and O–H groups in total. The molecule has 1 saturated carbocycles. The monoisotopic (exact) mass is 556 g/mol. The number of nitrogens with one attached hydrogen (secondary N) is 1. The van der Waals surface area contributed by atoms with E-state index >= 15 is 0 Å². The lowest BCUT2D eigenvalue weighted by Crippen LogP contribution is -2.53. The third-order valence-corrected chi connectivity index (χ3v) is 7.99. The Bertz CT molecular complexity index is 1190. The van der Waals surface area contributed by atoms with Crippen LogP contribution < -0.4 is 5.32 Å². The Hall–Kier alpha value is -2.53. The summed E-state index contributed by atoms with van der Waals surface area (Å²) in [6, 6.07) is 21.6. The van der Waals surface area contributed by atoms with Crippen LogP contribution >= 0.6 is 34.8 Å². The van der Waals surface area contributed by atoms with Crippen molar-refractivity contribution >= 4 is 46.6 Å². The summed E-state index contributed by atoms with van der Waals surface area (Å²) in [5.74, 6) is -0.379. The molecule has 1 aliphatic carbocycles. The van der Waals surface area contributed by atoms with E-state index in [9.17, 15) is 9.59 Å². The second-order valence-electron chi connectivity index (χ2n) is 9.54. The average molecular weight is 558 g/mol. The molecule has 0 spiro atoms. The average Bonchev–Trinajstić information content (AvgIpc) is 2.90. The highest BCUT2D eigenvalue weighted by Gasteiger charge is 2.33. The van der Waals surface area contributed by atoms with Gasteiger partial charge in [0.25, 0.3) is 0 Å². The molecule has 4 rings (SSSR count). The third-order valence-electron chi connectivity index (χ3n) is 6.91. The van der Waals surface area contributed by atoms with Crippen molar-refractivity contribution in [2.75, 3.05) is 0 Å². The van der Waals surface area contributed by atoms with E-state index in [4.69, 9.17) is 34.8 Å². The van der Waals surface area contributed by atoms with Gasteiger partial charge >= 0.3 is 0 Å². The second-order valence-corrected chi connectivity index (χ2v) is 10.8. The Morgan fingerprint density at radius 1 is 0.811 bits per heavy atom. The molecular weight excluding hydrogens is 527 g/mol.